The number of aromatic nitrogens is 2. The van der Waals surface area contributed by atoms with Crippen LogP contribution in [0.1, 0.15) is 29.1 Å². The predicted molar refractivity (Wildman–Crippen MR) is 106 cm³/mol. The van der Waals surface area contributed by atoms with Gasteiger partial charge in [0.2, 0.25) is 5.82 Å². The van der Waals surface area contributed by atoms with Gasteiger partial charge in [0.1, 0.15) is 0 Å². The van der Waals surface area contributed by atoms with Crippen LogP contribution in [0.2, 0.25) is 5.02 Å². The molecule has 0 atom stereocenters. The number of halogens is 1. The summed E-state index contributed by atoms with van der Waals surface area (Å²) in [6.07, 6.45) is 2.03. The molecule has 0 N–H and O–H groups in total. The lowest BCUT2D eigenvalue weighted by Gasteiger charge is -2.03. The molecule has 3 aromatic rings. The normalized spacial score (nSPS) is 10.6. The number of esters is 1. The maximum absolute atomic E-state index is 12.1. The number of thioether (sulfide) groups is 1. The molecule has 3 rings (SSSR count). The first-order chi connectivity index (χ1) is 13.5. The molecule has 0 aliphatic rings. The van der Waals surface area contributed by atoms with E-state index in [2.05, 4.69) is 10.1 Å². The van der Waals surface area contributed by atoms with Gasteiger partial charge in [0.15, 0.2) is 12.4 Å². The second-order valence-electron chi connectivity index (χ2n) is 5.83. The van der Waals surface area contributed by atoms with Crippen molar-refractivity contribution in [1.29, 1.82) is 0 Å². The molecule has 0 bridgehead atoms. The molecule has 0 spiro atoms. The number of carbonyl (C=O) groups excluding carboxylic acids is 2. The number of carbonyl (C=O) groups is 2. The van der Waals surface area contributed by atoms with Crippen molar-refractivity contribution < 1.29 is 18.8 Å². The van der Waals surface area contributed by atoms with Crippen LogP contribution in [0.15, 0.2) is 57.9 Å². The van der Waals surface area contributed by atoms with E-state index < -0.39 is 5.97 Å². The van der Waals surface area contributed by atoms with Crippen LogP contribution in [-0.2, 0) is 16.1 Å². The van der Waals surface area contributed by atoms with Crippen molar-refractivity contribution in [1.82, 2.24) is 10.1 Å². The lowest BCUT2D eigenvalue weighted by Crippen LogP contribution is -2.08. The van der Waals surface area contributed by atoms with Crippen molar-refractivity contribution >= 4 is 35.1 Å². The monoisotopic (exact) mass is 416 g/mol. The summed E-state index contributed by atoms with van der Waals surface area (Å²) in [7, 11) is 0. The fourth-order valence-electron chi connectivity index (χ4n) is 2.38. The maximum atomic E-state index is 12.1. The van der Waals surface area contributed by atoms with Crippen LogP contribution >= 0.6 is 23.4 Å². The van der Waals surface area contributed by atoms with Crippen molar-refractivity contribution in [3.63, 3.8) is 0 Å². The van der Waals surface area contributed by atoms with Gasteiger partial charge in [-0.2, -0.15) is 4.98 Å². The van der Waals surface area contributed by atoms with Crippen LogP contribution < -0.4 is 0 Å². The first-order valence-electron chi connectivity index (χ1n) is 8.46. The molecule has 0 unspecified atom stereocenters. The van der Waals surface area contributed by atoms with E-state index in [1.165, 1.54) is 0 Å². The molecule has 2 aromatic carbocycles. The summed E-state index contributed by atoms with van der Waals surface area (Å²) in [4.78, 5) is 29.3. The molecule has 0 radical (unpaired) electrons. The molecule has 8 heteroatoms. The number of hydrogen-bond acceptors (Lipinski definition) is 7. The second kappa shape index (κ2) is 9.52. The molecule has 6 nitrogen and oxygen atoms in total. The highest BCUT2D eigenvalue weighted by Crippen LogP contribution is 2.19. The smallest absolute Gasteiger partial charge is 0.306 e. The highest BCUT2D eigenvalue weighted by atomic mass is 35.5. The molecule has 1 aromatic heterocycles. The Morgan fingerprint density at radius 3 is 2.46 bits per heavy atom. The van der Waals surface area contributed by atoms with E-state index in [4.69, 9.17) is 20.9 Å². The molecule has 1 heterocycles. The first kappa shape index (κ1) is 20.1. The van der Waals surface area contributed by atoms with Gasteiger partial charge in [0.05, 0.1) is 6.42 Å². The summed E-state index contributed by atoms with van der Waals surface area (Å²) in [6, 6.07) is 14.2. The van der Waals surface area contributed by atoms with Crippen LogP contribution in [0.5, 0.6) is 0 Å². The zero-order valence-electron chi connectivity index (χ0n) is 15.1. The van der Waals surface area contributed by atoms with E-state index in [1.807, 2.05) is 18.4 Å². The molecule has 0 saturated heterocycles. The zero-order valence-corrected chi connectivity index (χ0v) is 16.6. The quantitative estimate of drug-likeness (QED) is 0.296. The third-order valence-corrected chi connectivity index (χ3v) is 4.89. The third kappa shape index (κ3) is 5.43. The molecule has 28 heavy (non-hydrogen) atoms. The maximum Gasteiger partial charge on any atom is 0.306 e. The number of hydrogen-bond donors (Lipinski definition) is 0. The average molecular weight is 417 g/mol. The van der Waals surface area contributed by atoms with Crippen LogP contribution in [0, 0.1) is 0 Å². The van der Waals surface area contributed by atoms with Gasteiger partial charge in [0, 0.05) is 27.5 Å². The Kier molecular flexibility index (Phi) is 6.84. The Morgan fingerprint density at radius 2 is 1.79 bits per heavy atom. The number of ether oxygens (including phenoxy) is 1. The van der Waals surface area contributed by atoms with Crippen molar-refractivity contribution in [2.24, 2.45) is 0 Å². The number of nitrogens with zero attached hydrogens (tertiary/aromatic N) is 2. The van der Waals surface area contributed by atoms with Crippen molar-refractivity contribution in [2.75, 3.05) is 6.26 Å². The Bertz CT molecular complexity index is 955. The Morgan fingerprint density at radius 1 is 1.07 bits per heavy atom. The van der Waals surface area contributed by atoms with E-state index in [1.54, 1.807) is 48.2 Å². The van der Waals surface area contributed by atoms with Gasteiger partial charge in [-0.15, -0.1) is 11.8 Å². The van der Waals surface area contributed by atoms with Crippen LogP contribution in [0.3, 0.4) is 0 Å². The number of benzene rings is 2. The van der Waals surface area contributed by atoms with Gasteiger partial charge in [-0.3, -0.25) is 9.59 Å². The summed E-state index contributed by atoms with van der Waals surface area (Å²) < 4.78 is 10.2. The molecule has 0 aliphatic heterocycles. The summed E-state index contributed by atoms with van der Waals surface area (Å²) >= 11 is 7.45. The SMILES string of the molecule is CSc1ccc(C(=O)CCC(=O)OCc2nc(-c3ccc(Cl)cc3)no2)cc1. The van der Waals surface area contributed by atoms with E-state index >= 15 is 0 Å². The van der Waals surface area contributed by atoms with Crippen LogP contribution in [0.4, 0.5) is 0 Å². The highest BCUT2D eigenvalue weighted by Gasteiger charge is 2.13. The molecule has 0 aliphatic carbocycles. The third-order valence-electron chi connectivity index (χ3n) is 3.90. The molecule has 0 amide bonds. The van der Waals surface area contributed by atoms with Crippen LogP contribution in [-0.4, -0.2) is 28.1 Å². The van der Waals surface area contributed by atoms with E-state index in [9.17, 15) is 9.59 Å². The van der Waals surface area contributed by atoms with Gasteiger partial charge < -0.3 is 9.26 Å². The lowest BCUT2D eigenvalue weighted by molar-refractivity contribution is -0.145. The molecule has 0 saturated carbocycles. The first-order valence-corrected chi connectivity index (χ1v) is 10.1. The summed E-state index contributed by atoms with van der Waals surface area (Å²) in [5.41, 5.74) is 1.32. The van der Waals surface area contributed by atoms with Crippen molar-refractivity contribution in [3.8, 4) is 11.4 Å². The predicted octanol–water partition coefficient (Wildman–Crippen LogP) is 4.82. The minimum atomic E-state index is -0.500. The fraction of sp³-hybridized carbons (Fsp3) is 0.200. The van der Waals surface area contributed by atoms with E-state index in [0.717, 1.165) is 10.5 Å². The zero-order chi connectivity index (χ0) is 19.9. The Labute approximate surface area is 171 Å². The number of rotatable bonds is 8. The summed E-state index contributed by atoms with van der Waals surface area (Å²) in [5, 5.41) is 4.45. The van der Waals surface area contributed by atoms with Crippen molar-refractivity contribution in [3.05, 3.63) is 65.0 Å². The summed E-state index contributed by atoms with van der Waals surface area (Å²) in [5.74, 6) is -0.0448. The Balaban J connectivity index is 1.46. The fourth-order valence-corrected chi connectivity index (χ4v) is 2.92. The largest absolute Gasteiger partial charge is 0.456 e. The molecule has 144 valence electrons. The molecular weight excluding hydrogens is 400 g/mol. The summed E-state index contributed by atoms with van der Waals surface area (Å²) in [6.45, 7) is -0.143. The van der Waals surface area contributed by atoms with Gasteiger partial charge in [-0.1, -0.05) is 28.9 Å². The van der Waals surface area contributed by atoms with Crippen LogP contribution in [0.25, 0.3) is 11.4 Å². The van der Waals surface area contributed by atoms with Gasteiger partial charge in [-0.25, -0.2) is 0 Å². The van der Waals surface area contributed by atoms with Gasteiger partial charge >= 0.3 is 5.97 Å². The minimum Gasteiger partial charge on any atom is -0.456 e. The van der Waals surface area contributed by atoms with Crippen molar-refractivity contribution in [2.45, 2.75) is 24.3 Å². The highest BCUT2D eigenvalue weighted by molar-refractivity contribution is 7.98. The van der Waals surface area contributed by atoms with Gasteiger partial charge in [-0.05, 0) is 42.7 Å². The number of ketones is 1. The lowest BCUT2D eigenvalue weighted by atomic mass is 10.1. The Hall–Kier alpha value is -2.64. The van der Waals surface area contributed by atoms with Gasteiger partial charge in [0.25, 0.3) is 5.89 Å². The van der Waals surface area contributed by atoms with E-state index in [-0.39, 0.29) is 31.1 Å². The standard InChI is InChI=1S/C20H17ClN2O4S/c1-28-16-8-4-13(5-9-16)17(24)10-11-19(25)26-12-18-22-20(23-27-18)14-2-6-15(21)7-3-14/h2-9H,10-12H2,1H3. The molecule has 0 fully saturated rings. The average Bonchev–Trinajstić information content (AvgIpc) is 3.20. The number of Topliss-reactive ketones (excluding diaryl/α,β-unsaturated/α-hetero) is 1. The second-order valence-corrected chi connectivity index (χ2v) is 7.15. The molecular formula is C20H17ClN2O4S. The topological polar surface area (TPSA) is 82.3 Å². The van der Waals surface area contributed by atoms with E-state index in [0.29, 0.717) is 16.4 Å². The minimum absolute atomic E-state index is 0.0126.